The summed E-state index contributed by atoms with van der Waals surface area (Å²) in [6, 6.07) is 13.5. The number of rotatable bonds is 5. The molecule has 0 fully saturated rings. The quantitative estimate of drug-likeness (QED) is 0.837. The number of quaternary nitrogens is 1. The van der Waals surface area contributed by atoms with Gasteiger partial charge in [0, 0.05) is 5.56 Å². The second-order valence-electron chi connectivity index (χ2n) is 4.41. The molecule has 0 saturated carbocycles. The van der Waals surface area contributed by atoms with Gasteiger partial charge in [-0.3, -0.25) is 0 Å². The predicted octanol–water partition coefficient (Wildman–Crippen LogP) is 3.42. The molecular weight excluding hydrogens is 226 g/mol. The van der Waals surface area contributed by atoms with E-state index in [4.69, 9.17) is 0 Å². The van der Waals surface area contributed by atoms with Crippen LogP contribution in [0.4, 0.5) is 0 Å². The standard InChI is InChI=1S/C15H19NS/c1-2-3-5-12-7-9-13(10-8-12)15(16)14-6-4-11-17-14/h4,6-11,15H,2-3,5,16H2,1H3/p+1/t15-/m1/s1. The molecule has 0 radical (unpaired) electrons. The molecule has 2 rings (SSSR count). The largest absolute Gasteiger partial charge is 0.347 e. The molecule has 0 unspecified atom stereocenters. The minimum absolute atomic E-state index is 0.273. The normalized spacial score (nSPS) is 12.6. The van der Waals surface area contributed by atoms with Gasteiger partial charge in [-0.15, -0.1) is 11.3 Å². The number of unbranched alkanes of at least 4 members (excludes halogenated alkanes) is 1. The summed E-state index contributed by atoms with van der Waals surface area (Å²) in [6.45, 7) is 2.23. The zero-order valence-corrected chi connectivity index (χ0v) is 11.2. The Morgan fingerprint density at radius 2 is 1.94 bits per heavy atom. The van der Waals surface area contributed by atoms with Crippen LogP contribution in [0.5, 0.6) is 0 Å². The van der Waals surface area contributed by atoms with Gasteiger partial charge >= 0.3 is 0 Å². The lowest BCUT2D eigenvalue weighted by molar-refractivity contribution is -0.410. The van der Waals surface area contributed by atoms with Crippen molar-refractivity contribution in [3.63, 3.8) is 0 Å². The Hall–Kier alpha value is -1.12. The van der Waals surface area contributed by atoms with Crippen molar-refractivity contribution in [2.24, 2.45) is 0 Å². The van der Waals surface area contributed by atoms with E-state index >= 15 is 0 Å². The fraction of sp³-hybridized carbons (Fsp3) is 0.333. The van der Waals surface area contributed by atoms with Crippen molar-refractivity contribution in [2.75, 3.05) is 0 Å². The van der Waals surface area contributed by atoms with Crippen molar-refractivity contribution in [1.29, 1.82) is 0 Å². The molecule has 0 saturated heterocycles. The summed E-state index contributed by atoms with van der Waals surface area (Å²) in [6.07, 6.45) is 3.73. The van der Waals surface area contributed by atoms with Crippen LogP contribution in [0.15, 0.2) is 41.8 Å². The Kier molecular flexibility index (Phi) is 4.35. The van der Waals surface area contributed by atoms with Crippen LogP contribution in [-0.2, 0) is 6.42 Å². The zero-order chi connectivity index (χ0) is 12.1. The summed E-state index contributed by atoms with van der Waals surface area (Å²) in [5, 5.41) is 2.11. The van der Waals surface area contributed by atoms with E-state index in [1.54, 1.807) is 11.3 Å². The van der Waals surface area contributed by atoms with E-state index in [1.807, 2.05) is 0 Å². The number of thiophene rings is 1. The molecule has 1 aromatic heterocycles. The molecule has 0 aliphatic heterocycles. The van der Waals surface area contributed by atoms with Crippen LogP contribution in [-0.4, -0.2) is 0 Å². The molecular formula is C15H20NS+. The lowest BCUT2D eigenvalue weighted by Crippen LogP contribution is -2.53. The lowest BCUT2D eigenvalue weighted by Gasteiger charge is -2.07. The van der Waals surface area contributed by atoms with Gasteiger partial charge in [-0.05, 0) is 29.9 Å². The van der Waals surface area contributed by atoms with Crippen LogP contribution < -0.4 is 5.73 Å². The lowest BCUT2D eigenvalue weighted by atomic mass is 10.0. The highest BCUT2D eigenvalue weighted by atomic mass is 32.1. The molecule has 1 heterocycles. The number of aryl methyl sites for hydroxylation is 1. The molecule has 2 heteroatoms. The van der Waals surface area contributed by atoms with Crippen LogP contribution >= 0.6 is 11.3 Å². The monoisotopic (exact) mass is 246 g/mol. The van der Waals surface area contributed by atoms with E-state index in [2.05, 4.69) is 54.4 Å². The van der Waals surface area contributed by atoms with Crippen molar-refractivity contribution >= 4 is 11.3 Å². The molecule has 90 valence electrons. The van der Waals surface area contributed by atoms with Gasteiger partial charge in [0.1, 0.15) is 6.04 Å². The molecule has 0 bridgehead atoms. The first-order valence-electron chi connectivity index (χ1n) is 6.26. The SMILES string of the molecule is CCCCc1ccc([C@@H]([NH3+])c2cccs2)cc1. The number of hydrogen-bond acceptors (Lipinski definition) is 1. The summed E-state index contributed by atoms with van der Waals surface area (Å²) < 4.78 is 0. The third-order valence-electron chi connectivity index (χ3n) is 3.09. The van der Waals surface area contributed by atoms with E-state index in [1.165, 1.54) is 35.3 Å². The number of benzene rings is 1. The third kappa shape index (κ3) is 3.18. The van der Waals surface area contributed by atoms with Gasteiger partial charge in [0.05, 0.1) is 4.88 Å². The fourth-order valence-corrected chi connectivity index (χ4v) is 2.72. The van der Waals surface area contributed by atoms with E-state index in [-0.39, 0.29) is 6.04 Å². The Labute approximate surface area is 107 Å². The Bertz CT molecular complexity index is 430. The smallest absolute Gasteiger partial charge is 0.145 e. The topological polar surface area (TPSA) is 27.6 Å². The minimum atomic E-state index is 0.273. The Morgan fingerprint density at radius 1 is 1.18 bits per heavy atom. The Morgan fingerprint density at radius 3 is 2.53 bits per heavy atom. The Balaban J connectivity index is 2.07. The zero-order valence-electron chi connectivity index (χ0n) is 10.4. The highest BCUT2D eigenvalue weighted by Gasteiger charge is 2.12. The van der Waals surface area contributed by atoms with E-state index in [0.717, 1.165) is 0 Å². The van der Waals surface area contributed by atoms with Crippen molar-refractivity contribution < 1.29 is 5.73 Å². The average molecular weight is 246 g/mol. The van der Waals surface area contributed by atoms with Gasteiger partial charge in [-0.25, -0.2) is 0 Å². The molecule has 1 atom stereocenters. The first-order valence-corrected chi connectivity index (χ1v) is 7.14. The fourth-order valence-electron chi connectivity index (χ4n) is 1.95. The van der Waals surface area contributed by atoms with Crippen LogP contribution in [0.2, 0.25) is 0 Å². The molecule has 2 aromatic rings. The maximum Gasteiger partial charge on any atom is 0.145 e. The molecule has 1 nitrogen and oxygen atoms in total. The molecule has 0 aliphatic rings. The summed E-state index contributed by atoms with van der Waals surface area (Å²) in [5.74, 6) is 0. The minimum Gasteiger partial charge on any atom is -0.347 e. The van der Waals surface area contributed by atoms with Gasteiger partial charge in [0.25, 0.3) is 0 Å². The summed E-state index contributed by atoms with van der Waals surface area (Å²) in [5.41, 5.74) is 7.00. The average Bonchev–Trinajstić information content (AvgIpc) is 2.90. The van der Waals surface area contributed by atoms with Gasteiger partial charge in [-0.1, -0.05) is 43.7 Å². The van der Waals surface area contributed by atoms with E-state index in [0.29, 0.717) is 0 Å². The molecule has 0 spiro atoms. The van der Waals surface area contributed by atoms with Gasteiger partial charge in [0.2, 0.25) is 0 Å². The maximum absolute atomic E-state index is 4.25. The molecule has 1 aromatic carbocycles. The molecule has 3 N–H and O–H groups in total. The van der Waals surface area contributed by atoms with E-state index < -0.39 is 0 Å². The summed E-state index contributed by atoms with van der Waals surface area (Å²) in [4.78, 5) is 1.34. The predicted molar refractivity (Wildman–Crippen MR) is 74.1 cm³/mol. The first-order chi connectivity index (χ1) is 8.31. The van der Waals surface area contributed by atoms with E-state index in [9.17, 15) is 0 Å². The highest BCUT2D eigenvalue weighted by molar-refractivity contribution is 7.10. The maximum atomic E-state index is 4.25. The van der Waals surface area contributed by atoms with Crippen molar-refractivity contribution in [3.8, 4) is 0 Å². The summed E-state index contributed by atoms with van der Waals surface area (Å²) in [7, 11) is 0. The molecule has 0 aliphatic carbocycles. The van der Waals surface area contributed by atoms with Crippen molar-refractivity contribution in [2.45, 2.75) is 32.2 Å². The van der Waals surface area contributed by atoms with Crippen molar-refractivity contribution in [1.82, 2.24) is 0 Å². The number of hydrogen-bond donors (Lipinski definition) is 1. The van der Waals surface area contributed by atoms with Crippen LogP contribution in [0.1, 0.15) is 41.8 Å². The van der Waals surface area contributed by atoms with Gasteiger partial charge < -0.3 is 5.73 Å². The summed E-state index contributed by atoms with van der Waals surface area (Å²) >= 11 is 1.78. The molecule has 17 heavy (non-hydrogen) atoms. The highest BCUT2D eigenvalue weighted by Crippen LogP contribution is 2.22. The second-order valence-corrected chi connectivity index (χ2v) is 5.39. The van der Waals surface area contributed by atoms with Gasteiger partial charge in [0.15, 0.2) is 0 Å². The molecule has 0 amide bonds. The van der Waals surface area contributed by atoms with Crippen LogP contribution in [0, 0.1) is 0 Å². The van der Waals surface area contributed by atoms with Gasteiger partial charge in [-0.2, -0.15) is 0 Å². The van der Waals surface area contributed by atoms with Crippen molar-refractivity contribution in [3.05, 3.63) is 57.8 Å². The third-order valence-corrected chi connectivity index (χ3v) is 4.07. The van der Waals surface area contributed by atoms with Crippen LogP contribution in [0.3, 0.4) is 0 Å². The van der Waals surface area contributed by atoms with Crippen LogP contribution in [0.25, 0.3) is 0 Å². The second kappa shape index (κ2) is 5.99. The first kappa shape index (κ1) is 12.3.